The third kappa shape index (κ3) is 1.55. The molecule has 0 amide bonds. The highest BCUT2D eigenvalue weighted by molar-refractivity contribution is 14.1. The first-order valence-corrected chi connectivity index (χ1v) is 6.06. The van der Waals surface area contributed by atoms with Crippen molar-refractivity contribution in [2.24, 2.45) is 0 Å². The van der Waals surface area contributed by atoms with Crippen LogP contribution < -0.4 is 0 Å². The summed E-state index contributed by atoms with van der Waals surface area (Å²) in [6, 6.07) is 3.65. The zero-order valence-corrected chi connectivity index (χ0v) is 10.1. The molecule has 0 saturated carbocycles. The maximum absolute atomic E-state index is 9.39. The van der Waals surface area contributed by atoms with Crippen LogP contribution in [-0.2, 0) is 6.42 Å². The number of aromatic hydroxyl groups is 1. The van der Waals surface area contributed by atoms with Gasteiger partial charge in [-0.2, -0.15) is 0 Å². The highest BCUT2D eigenvalue weighted by atomic mass is 127. The van der Waals surface area contributed by atoms with Gasteiger partial charge in [-0.1, -0.05) is 6.92 Å². The number of halogens is 1. The Kier molecular flexibility index (Phi) is 2.47. The second-order valence-electron chi connectivity index (χ2n) is 2.92. The molecule has 13 heavy (non-hydrogen) atoms. The van der Waals surface area contributed by atoms with Gasteiger partial charge in [0.25, 0.3) is 0 Å². The lowest BCUT2D eigenvalue weighted by Gasteiger charge is -1.99. The lowest BCUT2D eigenvalue weighted by atomic mass is 10.1. The fraction of sp³-hybridized carbons (Fsp3) is 0.200. The highest BCUT2D eigenvalue weighted by Gasteiger charge is 2.07. The molecule has 1 N–H and O–H groups in total. The molecular formula is C10H9IOS. The van der Waals surface area contributed by atoms with Gasteiger partial charge in [-0.3, -0.25) is 0 Å². The van der Waals surface area contributed by atoms with Gasteiger partial charge in [-0.15, -0.1) is 11.3 Å². The monoisotopic (exact) mass is 304 g/mol. The van der Waals surface area contributed by atoms with E-state index in [2.05, 4.69) is 34.9 Å². The summed E-state index contributed by atoms with van der Waals surface area (Å²) < 4.78 is 2.33. The van der Waals surface area contributed by atoms with Gasteiger partial charge < -0.3 is 5.11 Å². The zero-order chi connectivity index (χ0) is 9.42. The molecule has 0 spiro atoms. The summed E-state index contributed by atoms with van der Waals surface area (Å²) in [6.45, 7) is 2.16. The van der Waals surface area contributed by atoms with E-state index in [1.54, 1.807) is 11.3 Å². The molecule has 0 fully saturated rings. The molecule has 0 bridgehead atoms. The van der Waals surface area contributed by atoms with Crippen molar-refractivity contribution in [2.75, 3.05) is 0 Å². The summed E-state index contributed by atoms with van der Waals surface area (Å²) in [5.41, 5.74) is 1.38. The van der Waals surface area contributed by atoms with Crippen molar-refractivity contribution in [3.05, 3.63) is 26.6 Å². The van der Waals surface area contributed by atoms with Crippen molar-refractivity contribution in [2.45, 2.75) is 13.3 Å². The highest BCUT2D eigenvalue weighted by Crippen LogP contribution is 2.33. The standard InChI is InChI=1S/C10H9IOS/c1-2-6-5-13-9-4-7(12)3-8(11)10(6)9/h3-5,12H,2H2,1H3. The molecule has 0 radical (unpaired) electrons. The van der Waals surface area contributed by atoms with Gasteiger partial charge in [-0.25, -0.2) is 0 Å². The second-order valence-corrected chi connectivity index (χ2v) is 4.99. The van der Waals surface area contributed by atoms with Gasteiger partial charge in [0, 0.05) is 13.7 Å². The average molecular weight is 304 g/mol. The minimum Gasteiger partial charge on any atom is -0.508 e. The lowest BCUT2D eigenvalue weighted by Crippen LogP contribution is -1.79. The Hall–Kier alpha value is -0.290. The first kappa shape index (κ1) is 9.27. The summed E-state index contributed by atoms with van der Waals surface area (Å²) in [5, 5.41) is 12.9. The van der Waals surface area contributed by atoms with E-state index in [-0.39, 0.29) is 0 Å². The Morgan fingerprint density at radius 1 is 1.46 bits per heavy atom. The first-order valence-electron chi connectivity index (χ1n) is 4.11. The Morgan fingerprint density at radius 2 is 2.23 bits per heavy atom. The minimum atomic E-state index is 0.362. The largest absolute Gasteiger partial charge is 0.508 e. The number of phenols is 1. The van der Waals surface area contributed by atoms with Crippen LogP contribution in [0.15, 0.2) is 17.5 Å². The first-order chi connectivity index (χ1) is 6.22. The Balaban J connectivity index is 2.82. The van der Waals surface area contributed by atoms with Gasteiger partial charge in [0.1, 0.15) is 5.75 Å². The van der Waals surface area contributed by atoms with Gasteiger partial charge in [0.15, 0.2) is 0 Å². The summed E-state index contributed by atoms with van der Waals surface area (Å²) in [7, 11) is 0. The summed E-state index contributed by atoms with van der Waals surface area (Å²) in [5.74, 6) is 0.362. The third-order valence-electron chi connectivity index (χ3n) is 2.07. The maximum Gasteiger partial charge on any atom is 0.118 e. The van der Waals surface area contributed by atoms with E-state index in [9.17, 15) is 5.11 Å². The van der Waals surface area contributed by atoms with Crippen molar-refractivity contribution >= 4 is 44.0 Å². The SMILES string of the molecule is CCc1csc2cc(O)cc(I)c12. The fourth-order valence-electron chi connectivity index (χ4n) is 1.43. The molecule has 0 aliphatic carbocycles. The summed E-state index contributed by atoms with van der Waals surface area (Å²) in [4.78, 5) is 0. The van der Waals surface area contributed by atoms with E-state index >= 15 is 0 Å². The van der Waals surface area contributed by atoms with E-state index < -0.39 is 0 Å². The molecule has 0 aliphatic heterocycles. The number of thiophene rings is 1. The molecule has 1 aromatic carbocycles. The van der Waals surface area contributed by atoms with Crippen molar-refractivity contribution in [3.8, 4) is 5.75 Å². The molecular weight excluding hydrogens is 295 g/mol. The number of benzene rings is 1. The molecule has 1 aromatic heterocycles. The molecule has 0 atom stereocenters. The van der Waals surface area contributed by atoms with Gasteiger partial charge in [0.2, 0.25) is 0 Å². The quantitative estimate of drug-likeness (QED) is 0.795. The predicted molar refractivity (Wildman–Crippen MR) is 65.6 cm³/mol. The van der Waals surface area contributed by atoms with E-state index in [1.807, 2.05) is 12.1 Å². The molecule has 0 unspecified atom stereocenters. The molecule has 68 valence electrons. The third-order valence-corrected chi connectivity index (χ3v) is 3.90. The molecule has 1 heterocycles. The van der Waals surface area contributed by atoms with E-state index in [1.165, 1.54) is 15.6 Å². The normalized spacial score (nSPS) is 10.9. The Bertz CT molecular complexity index is 447. The van der Waals surface area contributed by atoms with Crippen molar-refractivity contribution in [1.29, 1.82) is 0 Å². The zero-order valence-electron chi connectivity index (χ0n) is 7.17. The molecule has 3 heteroatoms. The Morgan fingerprint density at radius 3 is 2.92 bits per heavy atom. The molecule has 1 nitrogen and oxygen atoms in total. The van der Waals surface area contributed by atoms with Crippen LogP contribution in [0, 0.1) is 3.57 Å². The van der Waals surface area contributed by atoms with E-state index in [0.717, 1.165) is 9.99 Å². The average Bonchev–Trinajstić information content (AvgIpc) is 2.47. The molecule has 0 aliphatic rings. The number of phenolic OH excluding ortho intramolecular Hbond substituents is 1. The Labute approximate surface area is 94.5 Å². The second kappa shape index (κ2) is 3.46. The maximum atomic E-state index is 9.39. The van der Waals surface area contributed by atoms with Gasteiger partial charge >= 0.3 is 0 Å². The summed E-state index contributed by atoms with van der Waals surface area (Å²) in [6.07, 6.45) is 1.06. The van der Waals surface area contributed by atoms with Crippen LogP contribution in [0.1, 0.15) is 12.5 Å². The number of hydrogen-bond acceptors (Lipinski definition) is 2. The molecule has 2 rings (SSSR count). The van der Waals surface area contributed by atoms with E-state index in [0.29, 0.717) is 5.75 Å². The fourth-order valence-corrected chi connectivity index (χ4v) is 3.67. The number of fused-ring (bicyclic) bond motifs is 1. The van der Waals surface area contributed by atoms with Crippen molar-refractivity contribution < 1.29 is 5.11 Å². The van der Waals surface area contributed by atoms with Crippen molar-refractivity contribution in [3.63, 3.8) is 0 Å². The van der Waals surface area contributed by atoms with Crippen LogP contribution in [0.25, 0.3) is 10.1 Å². The van der Waals surface area contributed by atoms with E-state index in [4.69, 9.17) is 0 Å². The lowest BCUT2D eigenvalue weighted by molar-refractivity contribution is 0.476. The predicted octanol–water partition coefficient (Wildman–Crippen LogP) is 3.77. The van der Waals surface area contributed by atoms with Gasteiger partial charge in [-0.05, 0) is 52.1 Å². The topological polar surface area (TPSA) is 20.2 Å². The smallest absolute Gasteiger partial charge is 0.118 e. The number of rotatable bonds is 1. The van der Waals surface area contributed by atoms with Gasteiger partial charge in [0.05, 0.1) is 0 Å². The number of aryl methyl sites for hydroxylation is 1. The van der Waals surface area contributed by atoms with Crippen LogP contribution in [0.4, 0.5) is 0 Å². The molecule has 0 saturated heterocycles. The minimum absolute atomic E-state index is 0.362. The molecule has 2 aromatic rings. The van der Waals surface area contributed by atoms with Crippen molar-refractivity contribution in [1.82, 2.24) is 0 Å². The van der Waals surface area contributed by atoms with Crippen LogP contribution in [-0.4, -0.2) is 5.11 Å². The van der Waals surface area contributed by atoms with Crippen LogP contribution in [0.5, 0.6) is 5.75 Å². The number of hydrogen-bond donors (Lipinski definition) is 1. The van der Waals surface area contributed by atoms with Crippen LogP contribution >= 0.6 is 33.9 Å². The van der Waals surface area contributed by atoms with Crippen LogP contribution in [0.2, 0.25) is 0 Å². The van der Waals surface area contributed by atoms with Crippen LogP contribution in [0.3, 0.4) is 0 Å². The summed E-state index contributed by atoms with van der Waals surface area (Å²) >= 11 is 3.98.